The van der Waals surface area contributed by atoms with Crippen LogP contribution in [0.2, 0.25) is 0 Å². The summed E-state index contributed by atoms with van der Waals surface area (Å²) in [6.07, 6.45) is 0. The Morgan fingerprint density at radius 3 is 2.62 bits per heavy atom. The first-order valence-corrected chi connectivity index (χ1v) is 3.56. The van der Waals surface area contributed by atoms with Crippen molar-refractivity contribution in [3.05, 3.63) is 50.9 Å². The number of aromatic nitrogens is 1. The zero-order valence-corrected chi connectivity index (χ0v) is 9.20. The van der Waals surface area contributed by atoms with Gasteiger partial charge in [-0.1, -0.05) is 24.3 Å². The first-order valence-electron chi connectivity index (χ1n) is 3.56. The number of rotatable bonds is 0. The number of H-pyrrole nitrogens is 1. The predicted molar refractivity (Wildman–Crippen MR) is 46.4 cm³/mol. The van der Waals surface area contributed by atoms with Crippen LogP contribution in [0.15, 0.2) is 39.9 Å². The fourth-order valence-corrected chi connectivity index (χ4v) is 1.17. The van der Waals surface area contributed by atoms with Crippen molar-refractivity contribution in [2.45, 2.75) is 0 Å². The van der Waals surface area contributed by atoms with Gasteiger partial charge >= 0.3 is 29.6 Å². The third kappa shape index (κ3) is 1.94. The predicted octanol–water partition coefficient (Wildman–Crippen LogP) is -2.39. The van der Waals surface area contributed by atoms with Crippen LogP contribution in [0.25, 0.3) is 10.9 Å². The maximum atomic E-state index is 11.2. The Hall–Kier alpha value is -0.770. The summed E-state index contributed by atoms with van der Waals surface area (Å²) in [5.41, 5.74) is 0.0167. The summed E-state index contributed by atoms with van der Waals surface area (Å²) >= 11 is 0. The minimum absolute atomic E-state index is 0. The molecular formula is C9H6NNaO2. The molecule has 1 aromatic heterocycles. The molecule has 0 atom stereocenters. The van der Waals surface area contributed by atoms with Crippen molar-refractivity contribution in [3.8, 4) is 0 Å². The number of para-hydroxylation sites is 1. The summed E-state index contributed by atoms with van der Waals surface area (Å²) in [7, 11) is 0. The van der Waals surface area contributed by atoms with Gasteiger partial charge < -0.3 is 9.78 Å². The Bertz CT molecular complexity index is 527. The molecule has 60 valence electrons. The molecular weight excluding hydrogens is 177 g/mol. The number of aromatic amines is 1. The van der Waals surface area contributed by atoms with E-state index in [-0.39, 0.29) is 40.5 Å². The summed E-state index contributed by atoms with van der Waals surface area (Å²) in [6.45, 7) is 0. The summed E-state index contributed by atoms with van der Waals surface area (Å²) in [6, 6.07) is 7.99. The van der Waals surface area contributed by atoms with E-state index in [1.165, 1.54) is 0 Å². The molecule has 3 nitrogen and oxygen atoms in total. The number of hydrogen-bond donors (Lipinski definition) is 1. The molecule has 0 bridgehead atoms. The Balaban J connectivity index is 0.000000845. The van der Waals surface area contributed by atoms with Gasteiger partial charge in [-0.15, -0.1) is 11.5 Å². The van der Waals surface area contributed by atoms with Gasteiger partial charge in [-0.3, -0.25) is 4.79 Å². The van der Waals surface area contributed by atoms with Gasteiger partial charge in [0.05, 0.1) is 0 Å². The monoisotopic (exact) mass is 183 g/mol. The quantitative estimate of drug-likeness (QED) is 0.366. The molecule has 0 radical (unpaired) electrons. The average molecular weight is 183 g/mol. The smallest absolute Gasteiger partial charge is 0.354 e. The Labute approximate surface area is 96.1 Å². The number of benzene rings is 1. The molecule has 0 saturated carbocycles. The maximum absolute atomic E-state index is 11.2. The molecule has 0 aliphatic heterocycles. The van der Waals surface area contributed by atoms with Crippen LogP contribution in [-0.2, 0) is 0 Å². The molecule has 1 N–H and O–H groups in total. The van der Waals surface area contributed by atoms with Crippen LogP contribution in [0.4, 0.5) is 0 Å². The van der Waals surface area contributed by atoms with Crippen molar-refractivity contribution in [2.75, 3.05) is 0 Å². The molecule has 13 heavy (non-hydrogen) atoms. The van der Waals surface area contributed by atoms with Gasteiger partial charge in [0.25, 0.3) is 0 Å². The average Bonchev–Trinajstić information content (AvgIpc) is 2.04. The van der Waals surface area contributed by atoms with E-state index < -0.39 is 0 Å². The van der Waals surface area contributed by atoms with E-state index >= 15 is 0 Å². The van der Waals surface area contributed by atoms with Crippen molar-refractivity contribution >= 4 is 10.9 Å². The van der Waals surface area contributed by atoms with Crippen molar-refractivity contribution in [2.24, 2.45) is 0 Å². The molecule has 1 aromatic carbocycles. The Morgan fingerprint density at radius 1 is 1.15 bits per heavy atom. The topological polar surface area (TPSA) is 49.9 Å². The maximum Gasteiger partial charge on any atom is 1.00 e. The third-order valence-electron chi connectivity index (χ3n) is 1.71. The second-order valence-electron chi connectivity index (χ2n) is 2.54. The van der Waals surface area contributed by atoms with Crippen molar-refractivity contribution in [1.82, 2.24) is 4.98 Å². The second-order valence-corrected chi connectivity index (χ2v) is 2.54. The van der Waals surface area contributed by atoms with Gasteiger partial charge in [-0.2, -0.15) is 0 Å². The SMILES string of the molecule is O=c1[cH-]c(=O)c2ccccc2[nH]1.[Na+]. The van der Waals surface area contributed by atoms with Gasteiger partial charge in [-0.25, -0.2) is 0 Å². The molecule has 0 unspecified atom stereocenters. The zero-order chi connectivity index (χ0) is 8.55. The van der Waals surface area contributed by atoms with Crippen molar-refractivity contribution < 1.29 is 29.6 Å². The van der Waals surface area contributed by atoms with Crippen LogP contribution >= 0.6 is 0 Å². The molecule has 0 saturated heterocycles. The van der Waals surface area contributed by atoms with E-state index in [9.17, 15) is 9.59 Å². The molecule has 4 heteroatoms. The second kappa shape index (κ2) is 3.96. The molecule has 0 amide bonds. The van der Waals surface area contributed by atoms with E-state index in [1.54, 1.807) is 24.3 Å². The van der Waals surface area contributed by atoms with E-state index in [2.05, 4.69) is 4.98 Å². The molecule has 0 aliphatic rings. The zero-order valence-electron chi connectivity index (χ0n) is 7.20. The number of hydrogen-bond acceptors (Lipinski definition) is 2. The Kier molecular flexibility index (Phi) is 3.14. The van der Waals surface area contributed by atoms with Gasteiger partial charge in [0.1, 0.15) is 0 Å². The summed E-state index contributed by atoms with van der Waals surface area (Å²) in [4.78, 5) is 24.6. The van der Waals surface area contributed by atoms with Gasteiger partial charge in [0, 0.05) is 5.43 Å². The third-order valence-corrected chi connectivity index (χ3v) is 1.71. The van der Waals surface area contributed by atoms with Crippen molar-refractivity contribution in [1.29, 1.82) is 0 Å². The number of pyridine rings is 1. The number of nitrogens with one attached hydrogen (secondary N) is 1. The standard InChI is InChI=1S/C9H6NO2.Na/c11-8-5-9(12)10-7-4-2-1-3-6(7)8;/h1-5H,(H,10,12);/q-1;+1. The van der Waals surface area contributed by atoms with Crippen molar-refractivity contribution in [3.63, 3.8) is 0 Å². The largest absolute Gasteiger partial charge is 1.00 e. The normalized spacial score (nSPS) is 9.54. The Morgan fingerprint density at radius 2 is 1.85 bits per heavy atom. The minimum Gasteiger partial charge on any atom is -0.354 e. The van der Waals surface area contributed by atoms with Crippen LogP contribution in [0.1, 0.15) is 0 Å². The fourth-order valence-electron chi connectivity index (χ4n) is 1.17. The van der Waals surface area contributed by atoms with Crippen LogP contribution < -0.4 is 40.5 Å². The first-order chi connectivity index (χ1) is 5.77. The molecule has 2 aromatic rings. The van der Waals surface area contributed by atoms with Gasteiger partial charge in [0.2, 0.25) is 0 Å². The summed E-state index contributed by atoms with van der Waals surface area (Å²) in [5, 5.41) is 0.553. The van der Waals surface area contributed by atoms with Crippen LogP contribution in [0, 0.1) is 0 Å². The number of fused-ring (bicyclic) bond motifs is 1. The van der Waals surface area contributed by atoms with E-state index in [0.29, 0.717) is 10.9 Å². The molecule has 0 aliphatic carbocycles. The van der Waals surface area contributed by atoms with Crippen LogP contribution in [0.5, 0.6) is 0 Å². The van der Waals surface area contributed by atoms with Gasteiger partial charge in [-0.05, 0) is 5.52 Å². The minimum atomic E-state index is -0.348. The summed E-state index contributed by atoms with van der Waals surface area (Å²) < 4.78 is 0. The molecule has 1 heterocycles. The molecule has 2 rings (SSSR count). The van der Waals surface area contributed by atoms with Crippen LogP contribution in [-0.4, -0.2) is 4.98 Å². The van der Waals surface area contributed by atoms with E-state index in [1.807, 2.05) is 0 Å². The van der Waals surface area contributed by atoms with E-state index in [0.717, 1.165) is 6.07 Å². The first kappa shape index (κ1) is 10.3. The van der Waals surface area contributed by atoms with Crippen LogP contribution in [0.3, 0.4) is 0 Å². The van der Waals surface area contributed by atoms with Gasteiger partial charge in [0.15, 0.2) is 5.56 Å². The molecule has 0 fully saturated rings. The fraction of sp³-hybridized carbons (Fsp3) is 0. The molecule has 0 spiro atoms. The summed E-state index contributed by atoms with van der Waals surface area (Å²) in [5.74, 6) is 0. The van der Waals surface area contributed by atoms with E-state index in [4.69, 9.17) is 0 Å².